The normalized spacial score (nSPS) is 11.9. The van der Waals surface area contributed by atoms with Crippen LogP contribution in [0.5, 0.6) is 0 Å². The molecule has 1 amide bonds. The summed E-state index contributed by atoms with van der Waals surface area (Å²) in [5, 5.41) is 0. The van der Waals surface area contributed by atoms with E-state index >= 15 is 0 Å². The molecule has 0 aromatic rings. The van der Waals surface area contributed by atoms with Crippen LogP contribution in [0.25, 0.3) is 0 Å². The first kappa shape index (κ1) is 14.2. The number of ether oxygens (including phenoxy) is 1. The van der Waals surface area contributed by atoms with Crippen LogP contribution in [0.1, 0.15) is 20.3 Å². The van der Waals surface area contributed by atoms with Crippen molar-refractivity contribution >= 4 is 5.91 Å². The zero-order valence-corrected chi connectivity index (χ0v) is 9.10. The third-order valence-electron chi connectivity index (χ3n) is 1.70. The topological polar surface area (TPSA) is 29.5 Å². The van der Waals surface area contributed by atoms with E-state index in [4.69, 9.17) is 4.74 Å². The molecule has 0 aromatic carbocycles. The van der Waals surface area contributed by atoms with Crippen LogP contribution in [0.3, 0.4) is 0 Å². The Balaban J connectivity index is 3.79. The molecule has 0 bridgehead atoms. The van der Waals surface area contributed by atoms with Crippen molar-refractivity contribution in [3.63, 3.8) is 0 Å². The summed E-state index contributed by atoms with van der Waals surface area (Å²) in [6.07, 6.45) is -5.32. The van der Waals surface area contributed by atoms with Gasteiger partial charge in [-0.25, -0.2) is 0 Å². The van der Waals surface area contributed by atoms with E-state index < -0.39 is 18.5 Å². The van der Waals surface area contributed by atoms with Gasteiger partial charge in [-0.3, -0.25) is 4.79 Å². The fraction of sp³-hybridized carbons (Fsp3) is 0.889. The Morgan fingerprint density at radius 2 is 1.93 bits per heavy atom. The largest absolute Gasteiger partial charge is 0.390 e. The maximum Gasteiger partial charge on any atom is 0.390 e. The molecule has 0 unspecified atom stereocenters. The number of rotatable bonds is 5. The highest BCUT2D eigenvalue weighted by Gasteiger charge is 2.27. The van der Waals surface area contributed by atoms with E-state index in [1.807, 2.05) is 0 Å². The van der Waals surface area contributed by atoms with Gasteiger partial charge in [0.1, 0.15) is 6.61 Å². The van der Waals surface area contributed by atoms with Crippen molar-refractivity contribution < 1.29 is 22.7 Å². The number of amides is 1. The van der Waals surface area contributed by atoms with E-state index in [1.165, 1.54) is 7.05 Å². The summed E-state index contributed by atoms with van der Waals surface area (Å²) in [5.41, 5.74) is 0. The first-order valence-electron chi connectivity index (χ1n) is 4.64. The quantitative estimate of drug-likeness (QED) is 0.717. The second-order valence-corrected chi connectivity index (χ2v) is 3.54. The van der Waals surface area contributed by atoms with Gasteiger partial charge in [0, 0.05) is 13.6 Å². The fourth-order valence-corrected chi connectivity index (χ4v) is 0.767. The van der Waals surface area contributed by atoms with Crippen LogP contribution in [-0.4, -0.2) is 43.3 Å². The van der Waals surface area contributed by atoms with Crippen LogP contribution in [0.4, 0.5) is 13.2 Å². The third kappa shape index (κ3) is 8.23. The molecule has 0 saturated carbocycles. The lowest BCUT2D eigenvalue weighted by atomic mass is 10.4. The first-order chi connectivity index (χ1) is 6.72. The van der Waals surface area contributed by atoms with Crippen LogP contribution < -0.4 is 0 Å². The molecule has 0 N–H and O–H groups in total. The number of nitrogens with zero attached hydrogens (tertiary/aromatic N) is 1. The molecule has 0 aliphatic rings. The van der Waals surface area contributed by atoms with Crippen LogP contribution in [0.2, 0.25) is 0 Å². The third-order valence-corrected chi connectivity index (χ3v) is 1.70. The van der Waals surface area contributed by atoms with E-state index in [0.29, 0.717) is 0 Å². The molecule has 0 spiro atoms. The Hall–Kier alpha value is -0.780. The highest BCUT2D eigenvalue weighted by atomic mass is 19.4. The molecule has 0 radical (unpaired) electrons. The van der Waals surface area contributed by atoms with Crippen molar-refractivity contribution in [1.29, 1.82) is 0 Å². The molecule has 0 atom stereocenters. The average molecular weight is 227 g/mol. The standard InChI is InChI=1S/C9H16F3NO2/c1-7(2)15-6-8(14)13(3)5-4-9(10,11)12/h7H,4-6H2,1-3H3. The molecule has 15 heavy (non-hydrogen) atoms. The zero-order valence-electron chi connectivity index (χ0n) is 9.10. The second-order valence-electron chi connectivity index (χ2n) is 3.54. The SMILES string of the molecule is CC(C)OCC(=O)N(C)CCC(F)(F)F. The van der Waals surface area contributed by atoms with E-state index in [0.717, 1.165) is 4.90 Å². The van der Waals surface area contributed by atoms with Crippen molar-refractivity contribution in [3.8, 4) is 0 Å². The van der Waals surface area contributed by atoms with Crippen molar-refractivity contribution in [1.82, 2.24) is 4.90 Å². The van der Waals surface area contributed by atoms with E-state index in [1.54, 1.807) is 13.8 Å². The highest BCUT2D eigenvalue weighted by Crippen LogP contribution is 2.19. The molecular formula is C9H16F3NO2. The number of carbonyl (C=O) groups is 1. The first-order valence-corrected chi connectivity index (χ1v) is 4.64. The Morgan fingerprint density at radius 1 is 1.40 bits per heavy atom. The molecule has 90 valence electrons. The van der Waals surface area contributed by atoms with Crippen molar-refractivity contribution in [3.05, 3.63) is 0 Å². The molecular weight excluding hydrogens is 211 g/mol. The van der Waals surface area contributed by atoms with Crippen LogP contribution >= 0.6 is 0 Å². The number of hydrogen-bond acceptors (Lipinski definition) is 2. The summed E-state index contributed by atoms with van der Waals surface area (Å²) < 4.78 is 40.5. The lowest BCUT2D eigenvalue weighted by Crippen LogP contribution is -2.33. The Kier molecular flexibility index (Phi) is 5.64. The van der Waals surface area contributed by atoms with Crippen molar-refractivity contribution in [2.24, 2.45) is 0 Å². The van der Waals surface area contributed by atoms with Gasteiger partial charge < -0.3 is 9.64 Å². The van der Waals surface area contributed by atoms with E-state index in [-0.39, 0.29) is 19.3 Å². The number of carbonyl (C=O) groups excluding carboxylic acids is 1. The summed E-state index contributed by atoms with van der Waals surface area (Å²) in [6.45, 7) is 3.00. The molecule has 0 rings (SSSR count). The second kappa shape index (κ2) is 5.95. The molecule has 0 saturated heterocycles. The highest BCUT2D eigenvalue weighted by molar-refractivity contribution is 5.77. The molecule has 0 aromatic heterocycles. The zero-order chi connectivity index (χ0) is 12.1. The summed E-state index contributed by atoms with van der Waals surface area (Å²) in [6, 6.07) is 0. The van der Waals surface area contributed by atoms with Crippen molar-refractivity contribution in [2.45, 2.75) is 32.5 Å². The number of halogens is 3. The number of likely N-dealkylation sites (N-methyl/N-ethyl adjacent to an activating group) is 1. The van der Waals surface area contributed by atoms with Gasteiger partial charge in [-0.1, -0.05) is 0 Å². The van der Waals surface area contributed by atoms with Gasteiger partial charge in [-0.2, -0.15) is 13.2 Å². The predicted octanol–water partition coefficient (Wildman–Crippen LogP) is 1.82. The molecule has 0 fully saturated rings. The molecule has 3 nitrogen and oxygen atoms in total. The fourth-order valence-electron chi connectivity index (χ4n) is 0.767. The van der Waals surface area contributed by atoms with Gasteiger partial charge in [-0.05, 0) is 13.8 Å². The van der Waals surface area contributed by atoms with Crippen LogP contribution in [0, 0.1) is 0 Å². The van der Waals surface area contributed by atoms with Crippen LogP contribution in [-0.2, 0) is 9.53 Å². The van der Waals surface area contributed by atoms with Gasteiger partial charge in [0.2, 0.25) is 5.91 Å². The van der Waals surface area contributed by atoms with Gasteiger partial charge in [-0.15, -0.1) is 0 Å². The summed E-state index contributed by atoms with van der Waals surface area (Å²) >= 11 is 0. The minimum absolute atomic E-state index is 0.107. The molecule has 0 aliphatic carbocycles. The van der Waals surface area contributed by atoms with E-state index in [9.17, 15) is 18.0 Å². The van der Waals surface area contributed by atoms with Gasteiger partial charge >= 0.3 is 6.18 Å². The Labute approximate surface area is 87.2 Å². The van der Waals surface area contributed by atoms with Gasteiger partial charge in [0.05, 0.1) is 12.5 Å². The number of alkyl halides is 3. The summed E-state index contributed by atoms with van der Waals surface area (Å²) in [5.74, 6) is -0.437. The lowest BCUT2D eigenvalue weighted by molar-refractivity contribution is -0.147. The van der Waals surface area contributed by atoms with Crippen molar-refractivity contribution in [2.75, 3.05) is 20.2 Å². The summed E-state index contributed by atoms with van der Waals surface area (Å²) in [7, 11) is 1.33. The molecule has 0 aliphatic heterocycles. The Morgan fingerprint density at radius 3 is 2.33 bits per heavy atom. The molecule has 0 heterocycles. The maximum atomic E-state index is 11.8. The van der Waals surface area contributed by atoms with Gasteiger partial charge in [0.15, 0.2) is 0 Å². The minimum Gasteiger partial charge on any atom is -0.369 e. The average Bonchev–Trinajstić information content (AvgIpc) is 2.08. The summed E-state index contributed by atoms with van der Waals surface area (Å²) in [4.78, 5) is 12.2. The monoisotopic (exact) mass is 227 g/mol. The van der Waals surface area contributed by atoms with E-state index in [2.05, 4.69) is 0 Å². The van der Waals surface area contributed by atoms with Crippen LogP contribution in [0.15, 0.2) is 0 Å². The van der Waals surface area contributed by atoms with Gasteiger partial charge in [0.25, 0.3) is 0 Å². The smallest absolute Gasteiger partial charge is 0.369 e. The maximum absolute atomic E-state index is 11.8. The lowest BCUT2D eigenvalue weighted by Gasteiger charge is -2.18. The Bertz CT molecular complexity index is 204. The predicted molar refractivity (Wildman–Crippen MR) is 49.4 cm³/mol. The molecule has 6 heteroatoms. The number of hydrogen-bond donors (Lipinski definition) is 0. The minimum atomic E-state index is -4.23.